The fourth-order valence-corrected chi connectivity index (χ4v) is 1.90. The Morgan fingerprint density at radius 2 is 1.94 bits per heavy atom. The number of nitrogens with zero attached hydrogens (tertiary/aromatic N) is 2. The van der Waals surface area contributed by atoms with E-state index in [0.717, 1.165) is 11.3 Å². The maximum absolute atomic E-state index is 13.1. The first-order valence-electron chi connectivity index (χ1n) is 5.65. The van der Waals surface area contributed by atoms with E-state index in [-0.39, 0.29) is 5.82 Å². The Labute approximate surface area is 106 Å². The number of nitriles is 1. The van der Waals surface area contributed by atoms with E-state index < -0.39 is 0 Å². The van der Waals surface area contributed by atoms with Gasteiger partial charge in [0.15, 0.2) is 0 Å². The van der Waals surface area contributed by atoms with E-state index in [1.54, 1.807) is 12.1 Å². The number of halogens is 1. The minimum Gasteiger partial charge on any atom is -0.369 e. The van der Waals surface area contributed by atoms with Gasteiger partial charge in [0.25, 0.3) is 0 Å². The fourth-order valence-electron chi connectivity index (χ4n) is 1.90. The highest BCUT2D eigenvalue weighted by atomic mass is 19.1. The molecule has 0 N–H and O–H groups in total. The van der Waals surface area contributed by atoms with E-state index in [0.29, 0.717) is 12.1 Å². The zero-order valence-electron chi connectivity index (χ0n) is 10.1. The van der Waals surface area contributed by atoms with Gasteiger partial charge in [-0.05, 0) is 29.8 Å². The van der Waals surface area contributed by atoms with Crippen LogP contribution in [0, 0.1) is 17.1 Å². The molecule has 2 rings (SSSR count). The Kier molecular flexibility index (Phi) is 3.59. The number of hydrogen-bond donors (Lipinski definition) is 0. The molecule has 0 aliphatic rings. The highest BCUT2D eigenvalue weighted by Crippen LogP contribution is 2.20. The molecule has 0 aliphatic heterocycles. The fraction of sp³-hybridized carbons (Fsp3) is 0.133. The van der Waals surface area contributed by atoms with Crippen molar-refractivity contribution >= 4 is 5.69 Å². The topological polar surface area (TPSA) is 27.0 Å². The van der Waals surface area contributed by atoms with Crippen LogP contribution < -0.4 is 4.90 Å². The maximum atomic E-state index is 13.1. The summed E-state index contributed by atoms with van der Waals surface area (Å²) in [7, 11) is 1.89. The average molecular weight is 240 g/mol. The maximum Gasteiger partial charge on any atom is 0.123 e. The molecule has 18 heavy (non-hydrogen) atoms. The molecule has 2 nitrogen and oxygen atoms in total. The molecule has 0 unspecified atom stereocenters. The summed E-state index contributed by atoms with van der Waals surface area (Å²) < 4.78 is 13.1. The lowest BCUT2D eigenvalue weighted by molar-refractivity contribution is 0.625. The predicted octanol–water partition coefficient (Wildman–Crippen LogP) is 3.33. The van der Waals surface area contributed by atoms with Gasteiger partial charge in [-0.15, -0.1) is 0 Å². The van der Waals surface area contributed by atoms with Gasteiger partial charge in [0, 0.05) is 13.6 Å². The molecule has 0 aliphatic carbocycles. The second kappa shape index (κ2) is 5.33. The smallest absolute Gasteiger partial charge is 0.123 e. The molecule has 0 atom stereocenters. The third-order valence-corrected chi connectivity index (χ3v) is 2.74. The molecule has 0 radical (unpaired) electrons. The van der Waals surface area contributed by atoms with Crippen molar-refractivity contribution in [3.63, 3.8) is 0 Å². The lowest BCUT2D eigenvalue weighted by atomic mass is 10.1. The number of rotatable bonds is 3. The first kappa shape index (κ1) is 12.1. The summed E-state index contributed by atoms with van der Waals surface area (Å²) in [6.45, 7) is 0.566. The molecule has 0 spiro atoms. The molecule has 0 aromatic heterocycles. The Morgan fingerprint density at radius 1 is 1.17 bits per heavy atom. The molecular formula is C15H13FN2. The van der Waals surface area contributed by atoms with Crippen molar-refractivity contribution in [2.75, 3.05) is 11.9 Å². The zero-order valence-corrected chi connectivity index (χ0v) is 10.1. The summed E-state index contributed by atoms with van der Waals surface area (Å²) in [5.41, 5.74) is 2.35. The molecule has 90 valence electrons. The first-order valence-corrected chi connectivity index (χ1v) is 5.65. The van der Waals surface area contributed by atoms with Crippen LogP contribution in [0.4, 0.5) is 10.1 Å². The van der Waals surface area contributed by atoms with Crippen LogP contribution in [-0.4, -0.2) is 7.05 Å². The van der Waals surface area contributed by atoms with Crippen LogP contribution in [0.5, 0.6) is 0 Å². The Bertz CT molecular complexity index is 587. The molecule has 0 heterocycles. The van der Waals surface area contributed by atoms with Crippen LogP contribution in [0.25, 0.3) is 0 Å². The molecule has 0 bridgehead atoms. The molecule has 0 amide bonds. The summed E-state index contributed by atoms with van der Waals surface area (Å²) in [5.74, 6) is -0.241. The van der Waals surface area contributed by atoms with Gasteiger partial charge in [0.05, 0.1) is 11.3 Å². The van der Waals surface area contributed by atoms with Crippen molar-refractivity contribution in [1.29, 1.82) is 5.26 Å². The Balaban J connectivity index is 2.22. The molecule has 2 aromatic carbocycles. The minimum absolute atomic E-state index is 0.241. The van der Waals surface area contributed by atoms with E-state index in [2.05, 4.69) is 6.07 Å². The predicted molar refractivity (Wildman–Crippen MR) is 69.7 cm³/mol. The van der Waals surface area contributed by atoms with Crippen LogP contribution in [0.1, 0.15) is 11.1 Å². The second-order valence-corrected chi connectivity index (χ2v) is 4.11. The van der Waals surface area contributed by atoms with Crippen molar-refractivity contribution in [2.24, 2.45) is 0 Å². The quantitative estimate of drug-likeness (QED) is 0.822. The zero-order chi connectivity index (χ0) is 13.0. The van der Waals surface area contributed by atoms with Gasteiger partial charge >= 0.3 is 0 Å². The number of anilines is 1. The van der Waals surface area contributed by atoms with E-state index >= 15 is 0 Å². The van der Waals surface area contributed by atoms with Crippen molar-refractivity contribution in [2.45, 2.75) is 6.54 Å². The van der Waals surface area contributed by atoms with Crippen LogP contribution in [0.3, 0.4) is 0 Å². The van der Waals surface area contributed by atoms with E-state index in [1.165, 1.54) is 12.1 Å². The summed E-state index contributed by atoms with van der Waals surface area (Å²) in [4.78, 5) is 1.94. The SMILES string of the molecule is CN(Cc1cccc(F)c1)c1ccccc1C#N. The Morgan fingerprint density at radius 3 is 2.67 bits per heavy atom. The van der Waals surface area contributed by atoms with Gasteiger partial charge in [0.2, 0.25) is 0 Å². The van der Waals surface area contributed by atoms with Gasteiger partial charge in [-0.25, -0.2) is 4.39 Å². The van der Waals surface area contributed by atoms with Gasteiger partial charge < -0.3 is 4.90 Å². The van der Waals surface area contributed by atoms with Gasteiger partial charge in [-0.2, -0.15) is 5.26 Å². The molecule has 0 saturated heterocycles. The van der Waals surface area contributed by atoms with Crippen LogP contribution in [0.15, 0.2) is 48.5 Å². The van der Waals surface area contributed by atoms with Crippen molar-refractivity contribution in [3.05, 3.63) is 65.5 Å². The monoisotopic (exact) mass is 240 g/mol. The van der Waals surface area contributed by atoms with Gasteiger partial charge in [0.1, 0.15) is 11.9 Å². The molecule has 3 heteroatoms. The molecule has 2 aromatic rings. The molecule has 0 saturated carbocycles. The molecule has 0 fully saturated rings. The second-order valence-electron chi connectivity index (χ2n) is 4.11. The summed E-state index contributed by atoms with van der Waals surface area (Å²) >= 11 is 0. The van der Waals surface area contributed by atoms with Crippen LogP contribution in [0.2, 0.25) is 0 Å². The normalized spacial score (nSPS) is 9.83. The van der Waals surface area contributed by atoms with Crippen molar-refractivity contribution in [3.8, 4) is 6.07 Å². The minimum atomic E-state index is -0.241. The third kappa shape index (κ3) is 2.67. The van der Waals surface area contributed by atoms with Gasteiger partial charge in [-0.3, -0.25) is 0 Å². The lowest BCUT2D eigenvalue weighted by Crippen LogP contribution is -2.17. The largest absolute Gasteiger partial charge is 0.369 e. The van der Waals surface area contributed by atoms with E-state index in [1.807, 2.05) is 36.2 Å². The Hall–Kier alpha value is -2.34. The number of para-hydroxylation sites is 1. The highest BCUT2D eigenvalue weighted by molar-refractivity contribution is 5.58. The van der Waals surface area contributed by atoms with Crippen molar-refractivity contribution < 1.29 is 4.39 Å². The average Bonchev–Trinajstić information content (AvgIpc) is 2.38. The first-order chi connectivity index (χ1) is 8.70. The van der Waals surface area contributed by atoms with E-state index in [4.69, 9.17) is 5.26 Å². The molecular weight excluding hydrogens is 227 g/mol. The van der Waals surface area contributed by atoms with Crippen LogP contribution in [-0.2, 0) is 6.54 Å². The summed E-state index contributed by atoms with van der Waals surface area (Å²) in [5, 5.41) is 9.04. The van der Waals surface area contributed by atoms with Crippen LogP contribution >= 0.6 is 0 Å². The standard InChI is InChI=1S/C15H13FN2/c1-18(11-12-5-4-7-14(16)9-12)15-8-3-2-6-13(15)10-17/h2-9H,11H2,1H3. The van der Waals surface area contributed by atoms with Gasteiger partial charge in [-0.1, -0.05) is 24.3 Å². The third-order valence-electron chi connectivity index (χ3n) is 2.74. The van der Waals surface area contributed by atoms with E-state index in [9.17, 15) is 4.39 Å². The summed E-state index contributed by atoms with van der Waals surface area (Å²) in [6.07, 6.45) is 0. The summed E-state index contributed by atoms with van der Waals surface area (Å²) in [6, 6.07) is 16.0. The number of benzene rings is 2. The lowest BCUT2D eigenvalue weighted by Gasteiger charge is -2.20. The van der Waals surface area contributed by atoms with Crippen molar-refractivity contribution in [1.82, 2.24) is 0 Å². The highest BCUT2D eigenvalue weighted by Gasteiger charge is 2.07. The number of hydrogen-bond acceptors (Lipinski definition) is 2.